The molecule has 5 aliphatic carbocycles. The van der Waals surface area contributed by atoms with E-state index < -0.39 is 0 Å². The lowest BCUT2D eigenvalue weighted by atomic mass is 9.49. The zero-order chi connectivity index (χ0) is 20.2. The average Bonchev–Trinajstić information content (AvgIpc) is 3.21. The van der Waals surface area contributed by atoms with E-state index in [1.165, 1.54) is 24.1 Å². The summed E-state index contributed by atoms with van der Waals surface area (Å²) in [4.78, 5) is 27.0. The Hall–Kier alpha value is -1.47. The summed E-state index contributed by atoms with van der Waals surface area (Å²) in [5.41, 5.74) is 1.46. The number of nitrogens with one attached hydrogen (secondary N) is 2. The molecular weight excluding hydrogens is 404 g/mol. The zero-order valence-corrected chi connectivity index (χ0v) is 18.5. The molecule has 0 radical (unpaired) electrons. The Morgan fingerprint density at radius 2 is 1.79 bits per heavy atom. The SMILES string of the molecule is CCOC(=O)c1c(NC(=S)NC(=O)C23CC4CC(CC(C4)C2)C3)sc2c1CCC2. The van der Waals surface area contributed by atoms with Gasteiger partial charge < -0.3 is 15.4 Å². The van der Waals surface area contributed by atoms with E-state index >= 15 is 0 Å². The van der Waals surface area contributed by atoms with Crippen molar-refractivity contribution in [1.29, 1.82) is 0 Å². The first kappa shape index (κ1) is 19.5. The van der Waals surface area contributed by atoms with Crippen molar-refractivity contribution in [3.05, 3.63) is 16.0 Å². The van der Waals surface area contributed by atoms with E-state index in [0.717, 1.165) is 44.1 Å². The number of aryl methyl sites for hydroxylation is 1. The van der Waals surface area contributed by atoms with Gasteiger partial charge in [-0.25, -0.2) is 4.79 Å². The molecule has 4 fully saturated rings. The second kappa shape index (κ2) is 7.34. The molecule has 1 aromatic rings. The van der Waals surface area contributed by atoms with Gasteiger partial charge in [0.1, 0.15) is 5.00 Å². The molecule has 1 amide bonds. The Morgan fingerprint density at radius 3 is 2.41 bits per heavy atom. The fourth-order valence-electron chi connectivity index (χ4n) is 6.67. The monoisotopic (exact) mass is 432 g/mol. The Balaban J connectivity index is 1.30. The number of fused-ring (bicyclic) bond motifs is 1. The third kappa shape index (κ3) is 3.40. The van der Waals surface area contributed by atoms with E-state index in [-0.39, 0.29) is 17.3 Å². The summed E-state index contributed by atoms with van der Waals surface area (Å²) in [7, 11) is 0. The lowest BCUT2D eigenvalue weighted by Gasteiger charge is -2.55. The maximum Gasteiger partial charge on any atom is 0.341 e. The van der Waals surface area contributed by atoms with Gasteiger partial charge in [-0.1, -0.05) is 0 Å². The summed E-state index contributed by atoms with van der Waals surface area (Å²) in [6, 6.07) is 0. The molecule has 5 aliphatic rings. The molecule has 1 heterocycles. The van der Waals surface area contributed by atoms with Crippen LogP contribution in [0.15, 0.2) is 0 Å². The summed E-state index contributed by atoms with van der Waals surface area (Å²) in [5.74, 6) is 1.91. The Kier molecular flexibility index (Phi) is 4.93. The second-order valence-corrected chi connectivity index (χ2v) is 10.9. The zero-order valence-electron chi connectivity index (χ0n) is 16.8. The highest BCUT2D eigenvalue weighted by molar-refractivity contribution is 7.80. The van der Waals surface area contributed by atoms with Crippen LogP contribution < -0.4 is 10.6 Å². The molecule has 0 aromatic carbocycles. The van der Waals surface area contributed by atoms with Crippen LogP contribution in [0.4, 0.5) is 5.00 Å². The molecule has 0 spiro atoms. The summed E-state index contributed by atoms with van der Waals surface area (Å²) >= 11 is 7.06. The van der Waals surface area contributed by atoms with E-state index in [1.807, 2.05) is 6.92 Å². The fourth-order valence-corrected chi connectivity index (χ4v) is 8.21. The predicted octanol–water partition coefficient (Wildman–Crippen LogP) is 4.44. The average molecular weight is 433 g/mol. The van der Waals surface area contributed by atoms with E-state index in [4.69, 9.17) is 17.0 Å². The number of thiocarbonyl (C=S) groups is 1. The van der Waals surface area contributed by atoms with Crippen LogP contribution in [0.3, 0.4) is 0 Å². The quantitative estimate of drug-likeness (QED) is 0.544. The number of anilines is 1. The summed E-state index contributed by atoms with van der Waals surface area (Å²) < 4.78 is 5.28. The van der Waals surface area contributed by atoms with Crippen molar-refractivity contribution in [2.75, 3.05) is 11.9 Å². The molecule has 0 aliphatic heterocycles. The van der Waals surface area contributed by atoms with Crippen molar-refractivity contribution in [1.82, 2.24) is 5.32 Å². The third-order valence-corrected chi connectivity index (χ3v) is 8.79. The minimum atomic E-state index is -0.301. The number of carbonyl (C=O) groups is 2. The van der Waals surface area contributed by atoms with Gasteiger partial charge in [0.15, 0.2) is 5.11 Å². The third-order valence-electron chi connectivity index (χ3n) is 7.37. The summed E-state index contributed by atoms with van der Waals surface area (Å²) in [6.45, 7) is 2.16. The minimum Gasteiger partial charge on any atom is -0.462 e. The van der Waals surface area contributed by atoms with Gasteiger partial charge in [-0.2, -0.15) is 0 Å². The normalized spacial score (nSPS) is 31.4. The van der Waals surface area contributed by atoms with Crippen LogP contribution in [0, 0.1) is 23.2 Å². The molecule has 6 rings (SSSR count). The van der Waals surface area contributed by atoms with Crippen molar-refractivity contribution in [3.63, 3.8) is 0 Å². The number of hydrogen-bond donors (Lipinski definition) is 2. The van der Waals surface area contributed by atoms with Gasteiger partial charge in [0, 0.05) is 4.88 Å². The number of esters is 1. The van der Waals surface area contributed by atoms with Crippen LogP contribution in [0.25, 0.3) is 0 Å². The van der Waals surface area contributed by atoms with Crippen LogP contribution in [0.5, 0.6) is 0 Å². The second-order valence-electron chi connectivity index (χ2n) is 9.39. The standard InChI is InChI=1S/C22H28N2O3S2/c1-2-27-19(25)17-15-4-3-5-16(15)29-18(17)23-21(28)24-20(26)22-9-12-6-13(10-22)8-14(7-12)11-22/h12-14H,2-11H2,1H3,(H2,23,24,26,28). The first-order valence-corrected chi connectivity index (χ1v) is 12.1. The van der Waals surface area contributed by atoms with Gasteiger partial charge in [-0.3, -0.25) is 4.79 Å². The smallest absolute Gasteiger partial charge is 0.341 e. The lowest BCUT2D eigenvalue weighted by molar-refractivity contribution is -0.144. The number of hydrogen-bond acceptors (Lipinski definition) is 5. The summed E-state index contributed by atoms with van der Waals surface area (Å²) in [5, 5.41) is 7.16. The topological polar surface area (TPSA) is 67.4 Å². The van der Waals surface area contributed by atoms with Crippen LogP contribution in [0.2, 0.25) is 0 Å². The van der Waals surface area contributed by atoms with Crippen molar-refractivity contribution < 1.29 is 14.3 Å². The van der Waals surface area contributed by atoms with Gasteiger partial charge in [0.05, 0.1) is 17.6 Å². The lowest BCUT2D eigenvalue weighted by Crippen LogP contribution is -2.55. The predicted molar refractivity (Wildman–Crippen MR) is 117 cm³/mol. The van der Waals surface area contributed by atoms with Crippen molar-refractivity contribution in [2.45, 2.75) is 64.7 Å². The number of ether oxygens (including phenoxy) is 1. The van der Waals surface area contributed by atoms with Crippen LogP contribution in [0.1, 0.15) is 72.7 Å². The minimum absolute atomic E-state index is 0.0795. The van der Waals surface area contributed by atoms with Crippen molar-refractivity contribution >= 4 is 45.5 Å². The van der Waals surface area contributed by atoms with Crippen molar-refractivity contribution in [3.8, 4) is 0 Å². The number of amides is 1. The van der Waals surface area contributed by atoms with Crippen LogP contribution in [-0.4, -0.2) is 23.6 Å². The molecule has 4 saturated carbocycles. The van der Waals surface area contributed by atoms with Gasteiger partial charge in [-0.15, -0.1) is 11.3 Å². The molecule has 2 N–H and O–H groups in total. The summed E-state index contributed by atoms with van der Waals surface area (Å²) in [6.07, 6.45) is 9.89. The molecule has 4 bridgehead atoms. The van der Waals surface area contributed by atoms with Crippen LogP contribution in [-0.2, 0) is 22.4 Å². The molecule has 7 heteroatoms. The van der Waals surface area contributed by atoms with Crippen molar-refractivity contribution in [2.24, 2.45) is 23.2 Å². The van der Waals surface area contributed by atoms with E-state index in [0.29, 0.717) is 40.0 Å². The largest absolute Gasteiger partial charge is 0.462 e. The number of carbonyl (C=O) groups excluding carboxylic acids is 2. The van der Waals surface area contributed by atoms with Gasteiger partial charge in [0.2, 0.25) is 5.91 Å². The highest BCUT2D eigenvalue weighted by Crippen LogP contribution is 2.60. The molecule has 29 heavy (non-hydrogen) atoms. The van der Waals surface area contributed by atoms with Gasteiger partial charge in [-0.05, 0) is 100 Å². The molecule has 0 atom stereocenters. The Labute approximate surface area is 181 Å². The molecule has 0 unspecified atom stereocenters. The van der Waals surface area contributed by atoms with E-state index in [2.05, 4.69) is 10.6 Å². The molecule has 5 nitrogen and oxygen atoms in total. The Morgan fingerprint density at radius 1 is 1.14 bits per heavy atom. The first-order valence-electron chi connectivity index (χ1n) is 10.9. The number of thiophene rings is 1. The maximum absolute atomic E-state index is 13.2. The van der Waals surface area contributed by atoms with E-state index in [1.54, 1.807) is 11.3 Å². The molecule has 156 valence electrons. The first-order chi connectivity index (χ1) is 14.0. The van der Waals surface area contributed by atoms with Gasteiger partial charge in [0.25, 0.3) is 0 Å². The number of rotatable bonds is 4. The highest BCUT2D eigenvalue weighted by atomic mass is 32.1. The van der Waals surface area contributed by atoms with Gasteiger partial charge >= 0.3 is 5.97 Å². The molecule has 0 saturated heterocycles. The fraction of sp³-hybridized carbons (Fsp3) is 0.682. The maximum atomic E-state index is 13.2. The van der Waals surface area contributed by atoms with E-state index in [9.17, 15) is 9.59 Å². The highest BCUT2D eigenvalue weighted by Gasteiger charge is 2.54. The molecule has 1 aromatic heterocycles. The van der Waals surface area contributed by atoms with Crippen LogP contribution >= 0.6 is 23.6 Å². The molecular formula is C22H28N2O3S2. The Bertz CT molecular complexity index is 840.